The Balaban J connectivity index is 1.81. The molecular formula is C10H15N7O. The molecule has 0 atom stereocenters. The van der Waals surface area contributed by atoms with Crippen LogP contribution in [0.25, 0.3) is 0 Å². The SMILES string of the molecule is Cn1cc(CNC(=O)Cn2cc(CN)nn2)cn1. The fourth-order valence-electron chi connectivity index (χ4n) is 1.48. The van der Waals surface area contributed by atoms with Gasteiger partial charge in [-0.25, -0.2) is 4.68 Å². The molecule has 8 nitrogen and oxygen atoms in total. The van der Waals surface area contributed by atoms with E-state index < -0.39 is 0 Å². The van der Waals surface area contributed by atoms with Gasteiger partial charge in [0.05, 0.1) is 18.1 Å². The summed E-state index contributed by atoms with van der Waals surface area (Å²) in [6.07, 6.45) is 5.22. The highest BCUT2D eigenvalue weighted by atomic mass is 16.2. The van der Waals surface area contributed by atoms with Gasteiger partial charge in [-0.15, -0.1) is 5.10 Å². The molecule has 96 valence electrons. The second-order valence-electron chi connectivity index (χ2n) is 3.91. The second-order valence-corrected chi connectivity index (χ2v) is 3.91. The number of hydrogen-bond donors (Lipinski definition) is 2. The molecule has 0 aliphatic heterocycles. The smallest absolute Gasteiger partial charge is 0.242 e. The summed E-state index contributed by atoms with van der Waals surface area (Å²) in [4.78, 5) is 11.6. The minimum absolute atomic E-state index is 0.132. The van der Waals surface area contributed by atoms with Gasteiger partial charge in [0.15, 0.2) is 0 Å². The van der Waals surface area contributed by atoms with Crippen LogP contribution in [0.1, 0.15) is 11.3 Å². The van der Waals surface area contributed by atoms with Crippen LogP contribution < -0.4 is 11.1 Å². The first-order valence-electron chi connectivity index (χ1n) is 5.50. The van der Waals surface area contributed by atoms with Crippen molar-refractivity contribution in [2.45, 2.75) is 19.6 Å². The van der Waals surface area contributed by atoms with Crippen LogP contribution >= 0.6 is 0 Å². The molecule has 0 saturated carbocycles. The lowest BCUT2D eigenvalue weighted by Crippen LogP contribution is -2.27. The molecular weight excluding hydrogens is 234 g/mol. The van der Waals surface area contributed by atoms with Gasteiger partial charge in [-0.3, -0.25) is 9.48 Å². The number of rotatable bonds is 5. The van der Waals surface area contributed by atoms with E-state index in [9.17, 15) is 4.79 Å². The summed E-state index contributed by atoms with van der Waals surface area (Å²) >= 11 is 0. The molecule has 0 saturated heterocycles. The lowest BCUT2D eigenvalue weighted by atomic mass is 10.3. The fraction of sp³-hybridized carbons (Fsp3) is 0.400. The number of carbonyl (C=O) groups is 1. The monoisotopic (exact) mass is 249 g/mol. The van der Waals surface area contributed by atoms with Gasteiger partial charge in [0.2, 0.25) is 5.91 Å². The van der Waals surface area contributed by atoms with Gasteiger partial charge in [-0.2, -0.15) is 5.10 Å². The van der Waals surface area contributed by atoms with Crippen molar-refractivity contribution < 1.29 is 4.79 Å². The van der Waals surface area contributed by atoms with Crippen molar-refractivity contribution in [2.24, 2.45) is 12.8 Å². The van der Waals surface area contributed by atoms with Crippen molar-refractivity contribution in [3.8, 4) is 0 Å². The Morgan fingerprint density at radius 3 is 2.94 bits per heavy atom. The summed E-state index contributed by atoms with van der Waals surface area (Å²) in [5.74, 6) is -0.132. The van der Waals surface area contributed by atoms with Crippen LogP contribution in [-0.4, -0.2) is 30.7 Å². The van der Waals surface area contributed by atoms with Crippen molar-refractivity contribution in [3.05, 3.63) is 29.8 Å². The normalized spacial score (nSPS) is 10.6. The summed E-state index contributed by atoms with van der Waals surface area (Å²) in [7, 11) is 1.83. The van der Waals surface area contributed by atoms with E-state index in [1.807, 2.05) is 13.2 Å². The van der Waals surface area contributed by atoms with Crippen LogP contribution in [0.3, 0.4) is 0 Å². The zero-order chi connectivity index (χ0) is 13.0. The largest absolute Gasteiger partial charge is 0.350 e. The molecule has 2 heterocycles. The number of nitrogens with zero attached hydrogens (tertiary/aromatic N) is 5. The molecule has 0 radical (unpaired) electrons. The van der Waals surface area contributed by atoms with Crippen LogP contribution in [0.4, 0.5) is 0 Å². The van der Waals surface area contributed by atoms with E-state index in [1.165, 1.54) is 4.68 Å². The number of nitrogens with two attached hydrogens (primary N) is 1. The molecule has 0 aliphatic carbocycles. The van der Waals surface area contributed by atoms with Gasteiger partial charge in [0, 0.05) is 31.9 Å². The molecule has 8 heteroatoms. The van der Waals surface area contributed by atoms with E-state index >= 15 is 0 Å². The number of aryl methyl sites for hydroxylation is 1. The van der Waals surface area contributed by atoms with Crippen LogP contribution in [0.15, 0.2) is 18.6 Å². The lowest BCUT2D eigenvalue weighted by Gasteiger charge is -2.02. The Kier molecular flexibility index (Phi) is 3.68. The Bertz CT molecular complexity index is 530. The minimum Gasteiger partial charge on any atom is -0.350 e. The number of aromatic nitrogens is 5. The van der Waals surface area contributed by atoms with Gasteiger partial charge in [0.25, 0.3) is 0 Å². The molecule has 0 aliphatic rings. The zero-order valence-electron chi connectivity index (χ0n) is 10.1. The van der Waals surface area contributed by atoms with Crippen molar-refractivity contribution in [3.63, 3.8) is 0 Å². The summed E-state index contributed by atoms with van der Waals surface area (Å²) in [5.41, 5.74) is 7.02. The molecule has 2 aromatic heterocycles. The van der Waals surface area contributed by atoms with Crippen molar-refractivity contribution >= 4 is 5.91 Å². The third kappa shape index (κ3) is 3.14. The standard InChI is InChI=1S/C10H15N7O/c1-16-5-8(4-13-16)3-12-10(18)7-17-6-9(2-11)14-15-17/h4-6H,2-3,7,11H2,1H3,(H,12,18). The van der Waals surface area contributed by atoms with Crippen LogP contribution in [0, 0.1) is 0 Å². The summed E-state index contributed by atoms with van der Waals surface area (Å²) in [6.45, 7) is 0.898. The van der Waals surface area contributed by atoms with Gasteiger partial charge in [-0.1, -0.05) is 5.21 Å². The van der Waals surface area contributed by atoms with Gasteiger partial charge in [-0.05, 0) is 0 Å². The van der Waals surface area contributed by atoms with E-state index in [0.29, 0.717) is 18.8 Å². The van der Waals surface area contributed by atoms with Crippen molar-refractivity contribution in [1.82, 2.24) is 30.1 Å². The Hall–Kier alpha value is -2.22. The molecule has 0 fully saturated rings. The van der Waals surface area contributed by atoms with E-state index in [0.717, 1.165) is 5.56 Å². The molecule has 2 rings (SSSR count). The van der Waals surface area contributed by atoms with Crippen LogP contribution in [0.5, 0.6) is 0 Å². The predicted molar refractivity (Wildman–Crippen MR) is 63.0 cm³/mol. The molecule has 0 bridgehead atoms. The first-order valence-corrected chi connectivity index (χ1v) is 5.50. The van der Waals surface area contributed by atoms with E-state index in [2.05, 4.69) is 20.7 Å². The third-order valence-corrected chi connectivity index (χ3v) is 2.35. The van der Waals surface area contributed by atoms with E-state index in [-0.39, 0.29) is 12.5 Å². The number of carbonyl (C=O) groups excluding carboxylic acids is 1. The number of hydrogen-bond acceptors (Lipinski definition) is 5. The highest BCUT2D eigenvalue weighted by Crippen LogP contribution is 1.95. The first-order chi connectivity index (χ1) is 8.67. The predicted octanol–water partition coefficient (Wildman–Crippen LogP) is -1.21. The molecule has 2 aromatic rings. The summed E-state index contributed by atoms with van der Waals surface area (Å²) in [6, 6.07) is 0. The van der Waals surface area contributed by atoms with Gasteiger partial charge < -0.3 is 11.1 Å². The maximum absolute atomic E-state index is 11.6. The Morgan fingerprint density at radius 1 is 1.50 bits per heavy atom. The third-order valence-electron chi connectivity index (χ3n) is 2.35. The van der Waals surface area contributed by atoms with Gasteiger partial charge >= 0.3 is 0 Å². The summed E-state index contributed by atoms with van der Waals surface area (Å²) in [5, 5.41) is 14.4. The van der Waals surface area contributed by atoms with Gasteiger partial charge in [0.1, 0.15) is 6.54 Å². The summed E-state index contributed by atoms with van der Waals surface area (Å²) < 4.78 is 3.15. The molecule has 18 heavy (non-hydrogen) atoms. The fourth-order valence-corrected chi connectivity index (χ4v) is 1.48. The Labute approximate surface area is 104 Å². The average Bonchev–Trinajstić information content (AvgIpc) is 2.95. The number of amides is 1. The van der Waals surface area contributed by atoms with E-state index in [4.69, 9.17) is 5.73 Å². The average molecular weight is 249 g/mol. The highest BCUT2D eigenvalue weighted by molar-refractivity contribution is 5.75. The highest BCUT2D eigenvalue weighted by Gasteiger charge is 2.05. The molecule has 0 aromatic carbocycles. The maximum Gasteiger partial charge on any atom is 0.242 e. The molecule has 1 amide bonds. The molecule has 0 unspecified atom stereocenters. The van der Waals surface area contributed by atoms with Crippen molar-refractivity contribution in [1.29, 1.82) is 0 Å². The number of nitrogens with one attached hydrogen (secondary N) is 1. The minimum atomic E-state index is -0.132. The van der Waals surface area contributed by atoms with Crippen LogP contribution in [0.2, 0.25) is 0 Å². The molecule has 0 spiro atoms. The molecule has 3 N–H and O–H groups in total. The Morgan fingerprint density at radius 2 is 2.33 bits per heavy atom. The van der Waals surface area contributed by atoms with Crippen LogP contribution in [-0.2, 0) is 31.5 Å². The second kappa shape index (κ2) is 5.41. The maximum atomic E-state index is 11.6. The van der Waals surface area contributed by atoms with E-state index in [1.54, 1.807) is 17.1 Å². The quantitative estimate of drug-likeness (QED) is 0.691. The topological polar surface area (TPSA) is 104 Å². The zero-order valence-corrected chi connectivity index (χ0v) is 10.1. The first kappa shape index (κ1) is 12.2. The lowest BCUT2D eigenvalue weighted by molar-refractivity contribution is -0.122. The van der Waals surface area contributed by atoms with Crippen molar-refractivity contribution in [2.75, 3.05) is 0 Å².